The summed E-state index contributed by atoms with van der Waals surface area (Å²) in [5.41, 5.74) is 2.78. The Labute approximate surface area is 158 Å². The number of pyridine rings is 1. The fourth-order valence-corrected chi connectivity index (χ4v) is 3.52. The van der Waals surface area contributed by atoms with Crippen molar-refractivity contribution in [3.8, 4) is 11.5 Å². The minimum Gasteiger partial charge on any atom is -0.418 e. The van der Waals surface area contributed by atoms with Gasteiger partial charge in [0, 0.05) is 30.1 Å². The monoisotopic (exact) mass is 362 g/mol. The molecule has 1 fully saturated rings. The van der Waals surface area contributed by atoms with Crippen LogP contribution in [0.15, 0.2) is 53.2 Å². The highest BCUT2D eigenvalue weighted by molar-refractivity contribution is 5.94. The zero-order chi connectivity index (χ0) is 18.6. The van der Waals surface area contributed by atoms with Gasteiger partial charge in [0.05, 0.1) is 0 Å². The first-order valence-electron chi connectivity index (χ1n) is 9.40. The number of rotatable bonds is 5. The van der Waals surface area contributed by atoms with E-state index in [9.17, 15) is 4.79 Å². The van der Waals surface area contributed by atoms with E-state index in [1.807, 2.05) is 41.3 Å². The molecule has 1 aliphatic rings. The Balaban J connectivity index is 1.54. The van der Waals surface area contributed by atoms with E-state index in [0.29, 0.717) is 23.9 Å². The van der Waals surface area contributed by atoms with Crippen molar-refractivity contribution in [1.29, 1.82) is 0 Å². The van der Waals surface area contributed by atoms with Crippen LogP contribution in [-0.2, 0) is 6.42 Å². The van der Waals surface area contributed by atoms with Crippen molar-refractivity contribution in [3.63, 3.8) is 0 Å². The Morgan fingerprint density at radius 3 is 2.67 bits per heavy atom. The maximum Gasteiger partial charge on any atom is 0.254 e. The second-order valence-corrected chi connectivity index (χ2v) is 6.78. The largest absolute Gasteiger partial charge is 0.418 e. The summed E-state index contributed by atoms with van der Waals surface area (Å²) in [6.45, 7) is 2.85. The van der Waals surface area contributed by atoms with Gasteiger partial charge in [-0.1, -0.05) is 25.5 Å². The second-order valence-electron chi connectivity index (χ2n) is 6.78. The van der Waals surface area contributed by atoms with Crippen LogP contribution in [0, 0.1) is 0 Å². The second kappa shape index (κ2) is 7.70. The summed E-state index contributed by atoms with van der Waals surface area (Å²) in [6.07, 6.45) is 7.26. The molecule has 3 aromatic rings. The van der Waals surface area contributed by atoms with Gasteiger partial charge in [-0.2, -0.15) is 0 Å². The van der Waals surface area contributed by atoms with E-state index in [1.165, 1.54) is 5.56 Å². The third-order valence-corrected chi connectivity index (χ3v) is 4.91. The molecule has 2 aromatic heterocycles. The summed E-state index contributed by atoms with van der Waals surface area (Å²) in [7, 11) is 0. The van der Waals surface area contributed by atoms with Crippen LogP contribution in [0.25, 0.3) is 11.5 Å². The summed E-state index contributed by atoms with van der Waals surface area (Å²) in [5, 5.41) is 8.36. The maximum absolute atomic E-state index is 13.0. The third kappa shape index (κ3) is 3.60. The zero-order valence-corrected chi connectivity index (χ0v) is 15.3. The summed E-state index contributed by atoms with van der Waals surface area (Å²) in [6, 6.07) is 11.4. The standard InChI is InChI=1S/C21H22N4O2/c1-2-4-15-6-8-17(9-7-15)21(26)25-14-3-5-18(25)20-24-23-19(27-20)16-10-12-22-13-11-16/h6-13,18H,2-5,14H2,1H3. The van der Waals surface area contributed by atoms with Crippen LogP contribution < -0.4 is 0 Å². The first-order valence-corrected chi connectivity index (χ1v) is 9.40. The first-order chi connectivity index (χ1) is 13.3. The molecule has 6 heteroatoms. The van der Waals surface area contributed by atoms with E-state index in [1.54, 1.807) is 12.4 Å². The average Bonchev–Trinajstić information content (AvgIpc) is 3.38. The predicted octanol–water partition coefficient (Wildman–Crippen LogP) is 4.06. The molecule has 6 nitrogen and oxygen atoms in total. The quantitative estimate of drug-likeness (QED) is 0.684. The molecule has 0 spiro atoms. The molecule has 138 valence electrons. The summed E-state index contributed by atoms with van der Waals surface area (Å²) < 4.78 is 5.88. The SMILES string of the molecule is CCCc1ccc(C(=O)N2CCCC2c2nnc(-c3ccncc3)o2)cc1. The van der Waals surface area contributed by atoms with Crippen molar-refractivity contribution in [2.24, 2.45) is 0 Å². The van der Waals surface area contributed by atoms with Gasteiger partial charge in [0.15, 0.2) is 0 Å². The maximum atomic E-state index is 13.0. The number of carbonyl (C=O) groups is 1. The van der Waals surface area contributed by atoms with Gasteiger partial charge in [-0.25, -0.2) is 0 Å². The summed E-state index contributed by atoms with van der Waals surface area (Å²) in [5.74, 6) is 0.968. The Morgan fingerprint density at radius 1 is 1.15 bits per heavy atom. The van der Waals surface area contributed by atoms with Gasteiger partial charge in [-0.05, 0) is 49.1 Å². The van der Waals surface area contributed by atoms with Gasteiger partial charge < -0.3 is 9.32 Å². The highest BCUT2D eigenvalue weighted by atomic mass is 16.4. The van der Waals surface area contributed by atoms with Crippen molar-refractivity contribution in [2.75, 3.05) is 6.54 Å². The minimum atomic E-state index is -0.170. The Kier molecular flexibility index (Phi) is 4.96. The van der Waals surface area contributed by atoms with Gasteiger partial charge in [-0.3, -0.25) is 9.78 Å². The Bertz CT molecular complexity index is 905. The highest BCUT2D eigenvalue weighted by Gasteiger charge is 2.34. The van der Waals surface area contributed by atoms with Crippen molar-refractivity contribution < 1.29 is 9.21 Å². The lowest BCUT2D eigenvalue weighted by Gasteiger charge is -2.22. The fourth-order valence-electron chi connectivity index (χ4n) is 3.52. The molecule has 1 aliphatic heterocycles. The van der Waals surface area contributed by atoms with Crippen LogP contribution in [-0.4, -0.2) is 32.5 Å². The van der Waals surface area contributed by atoms with Crippen LogP contribution in [0.5, 0.6) is 0 Å². The van der Waals surface area contributed by atoms with E-state index < -0.39 is 0 Å². The Morgan fingerprint density at radius 2 is 1.93 bits per heavy atom. The molecule has 1 amide bonds. The number of aryl methyl sites for hydroxylation is 1. The molecule has 0 bridgehead atoms. The lowest BCUT2D eigenvalue weighted by atomic mass is 10.1. The summed E-state index contributed by atoms with van der Waals surface area (Å²) >= 11 is 0. The number of nitrogens with zero attached hydrogens (tertiary/aromatic N) is 4. The number of amides is 1. The highest BCUT2D eigenvalue weighted by Crippen LogP contribution is 2.33. The van der Waals surface area contributed by atoms with Crippen molar-refractivity contribution >= 4 is 5.91 Å². The minimum absolute atomic E-state index is 0.0178. The van der Waals surface area contributed by atoms with Gasteiger partial charge in [0.2, 0.25) is 11.8 Å². The first kappa shape index (κ1) is 17.4. The molecule has 3 heterocycles. The molecule has 0 saturated carbocycles. The number of aromatic nitrogens is 3. The molecule has 4 rings (SSSR count). The number of likely N-dealkylation sites (tertiary alicyclic amines) is 1. The molecule has 0 aliphatic carbocycles. The molecular weight excluding hydrogens is 340 g/mol. The molecule has 0 N–H and O–H groups in total. The van der Waals surface area contributed by atoms with Crippen molar-refractivity contribution in [2.45, 2.75) is 38.6 Å². The predicted molar refractivity (Wildman–Crippen MR) is 101 cm³/mol. The zero-order valence-electron chi connectivity index (χ0n) is 15.3. The molecule has 0 radical (unpaired) electrons. The van der Waals surface area contributed by atoms with Crippen LogP contribution in [0.2, 0.25) is 0 Å². The van der Waals surface area contributed by atoms with Crippen LogP contribution >= 0.6 is 0 Å². The number of benzene rings is 1. The van der Waals surface area contributed by atoms with Gasteiger partial charge in [0.25, 0.3) is 5.91 Å². The molecule has 1 saturated heterocycles. The van der Waals surface area contributed by atoms with Gasteiger partial charge in [0.1, 0.15) is 6.04 Å². The smallest absolute Gasteiger partial charge is 0.254 e. The van der Waals surface area contributed by atoms with Gasteiger partial charge >= 0.3 is 0 Å². The third-order valence-electron chi connectivity index (χ3n) is 4.91. The molecule has 27 heavy (non-hydrogen) atoms. The fraction of sp³-hybridized carbons (Fsp3) is 0.333. The van der Waals surface area contributed by atoms with E-state index in [4.69, 9.17) is 4.42 Å². The van der Waals surface area contributed by atoms with Crippen LogP contribution in [0.3, 0.4) is 0 Å². The van der Waals surface area contributed by atoms with Gasteiger partial charge in [-0.15, -0.1) is 10.2 Å². The van der Waals surface area contributed by atoms with Crippen LogP contribution in [0.4, 0.5) is 0 Å². The molecule has 1 atom stereocenters. The van der Waals surface area contributed by atoms with Crippen LogP contribution in [0.1, 0.15) is 54.0 Å². The number of carbonyl (C=O) groups excluding carboxylic acids is 1. The molecule has 1 aromatic carbocycles. The Hall–Kier alpha value is -3.02. The normalized spacial score (nSPS) is 16.6. The van der Waals surface area contributed by atoms with Crippen molar-refractivity contribution in [1.82, 2.24) is 20.1 Å². The number of hydrogen-bond acceptors (Lipinski definition) is 5. The lowest BCUT2D eigenvalue weighted by molar-refractivity contribution is 0.0716. The summed E-state index contributed by atoms with van der Waals surface area (Å²) in [4.78, 5) is 18.8. The van der Waals surface area contributed by atoms with Crippen molar-refractivity contribution in [3.05, 3.63) is 65.8 Å². The molecular formula is C21H22N4O2. The molecule has 1 unspecified atom stereocenters. The van der Waals surface area contributed by atoms with E-state index in [0.717, 1.165) is 31.2 Å². The lowest BCUT2D eigenvalue weighted by Crippen LogP contribution is -2.30. The van der Waals surface area contributed by atoms with E-state index in [-0.39, 0.29) is 11.9 Å². The van der Waals surface area contributed by atoms with E-state index in [2.05, 4.69) is 22.1 Å². The number of hydrogen-bond donors (Lipinski definition) is 0. The average molecular weight is 362 g/mol. The van der Waals surface area contributed by atoms with E-state index >= 15 is 0 Å². The topological polar surface area (TPSA) is 72.1 Å².